The highest BCUT2D eigenvalue weighted by Gasteiger charge is 2.38. The molecule has 0 saturated carbocycles. The zero-order valence-corrected chi connectivity index (χ0v) is 15.9. The fraction of sp³-hybridized carbons (Fsp3) is 0.579. The van der Waals surface area contributed by atoms with Gasteiger partial charge < -0.3 is 25.0 Å². The molecule has 150 valence electrons. The molecule has 2 rings (SSSR count). The van der Waals surface area contributed by atoms with Crippen LogP contribution in [0.4, 0.5) is 4.79 Å². The number of piperidine rings is 1. The van der Waals surface area contributed by atoms with E-state index in [1.54, 1.807) is 20.8 Å². The van der Waals surface area contributed by atoms with E-state index in [0.717, 1.165) is 5.56 Å². The normalized spacial score (nSPS) is 23.5. The predicted octanol–water partition coefficient (Wildman–Crippen LogP) is 1.36. The highest BCUT2D eigenvalue weighted by Crippen LogP contribution is 2.21. The van der Waals surface area contributed by atoms with Crippen molar-refractivity contribution in [3.63, 3.8) is 0 Å². The van der Waals surface area contributed by atoms with Gasteiger partial charge >= 0.3 is 12.1 Å². The van der Waals surface area contributed by atoms with Crippen LogP contribution in [0.5, 0.6) is 0 Å². The lowest BCUT2D eigenvalue weighted by atomic mass is 10.0. The third-order valence-electron chi connectivity index (χ3n) is 4.07. The lowest BCUT2D eigenvalue weighted by Crippen LogP contribution is -2.60. The molecule has 8 heteroatoms. The molecule has 8 nitrogen and oxygen atoms in total. The Kier molecular flexibility index (Phi) is 7.18. The van der Waals surface area contributed by atoms with Gasteiger partial charge in [0.15, 0.2) is 0 Å². The topological polar surface area (TPSA) is 108 Å². The first-order valence-corrected chi connectivity index (χ1v) is 8.96. The van der Waals surface area contributed by atoms with Gasteiger partial charge in [-0.25, -0.2) is 9.69 Å². The number of benzene rings is 1. The zero-order chi connectivity index (χ0) is 20.0. The Labute approximate surface area is 159 Å². The van der Waals surface area contributed by atoms with Crippen molar-refractivity contribution in [1.29, 1.82) is 0 Å². The third-order valence-corrected chi connectivity index (χ3v) is 4.07. The summed E-state index contributed by atoms with van der Waals surface area (Å²) in [5, 5.41) is 23.2. The smallest absolute Gasteiger partial charge is 0.408 e. The molecule has 0 aliphatic carbocycles. The van der Waals surface area contributed by atoms with Crippen LogP contribution in [0.3, 0.4) is 0 Å². The highest BCUT2D eigenvalue weighted by atomic mass is 16.6. The molecule has 0 unspecified atom stereocenters. The summed E-state index contributed by atoms with van der Waals surface area (Å²) in [5.74, 6) is -0.574. The molecule has 0 spiro atoms. The molecule has 1 aromatic carbocycles. The minimum Gasteiger partial charge on any atom is -0.460 e. The second-order valence-corrected chi connectivity index (χ2v) is 7.54. The zero-order valence-electron chi connectivity index (χ0n) is 15.9. The molecule has 1 heterocycles. The van der Waals surface area contributed by atoms with Crippen LogP contribution in [0, 0.1) is 0 Å². The van der Waals surface area contributed by atoms with Crippen LogP contribution < -0.4 is 5.32 Å². The van der Waals surface area contributed by atoms with Crippen LogP contribution in [-0.2, 0) is 20.9 Å². The average Bonchev–Trinajstić information content (AvgIpc) is 2.58. The number of rotatable bonds is 5. The number of nitrogens with one attached hydrogen (secondary N) is 1. The number of esters is 1. The Morgan fingerprint density at radius 2 is 1.85 bits per heavy atom. The number of nitrogens with zero attached hydrogens (tertiary/aromatic N) is 1. The largest absolute Gasteiger partial charge is 0.460 e. The van der Waals surface area contributed by atoms with Gasteiger partial charge in [0.2, 0.25) is 0 Å². The Morgan fingerprint density at radius 3 is 2.48 bits per heavy atom. The summed E-state index contributed by atoms with van der Waals surface area (Å²) in [6, 6.07) is 8.55. The summed E-state index contributed by atoms with van der Waals surface area (Å²) < 4.78 is 10.4. The van der Waals surface area contributed by atoms with Gasteiger partial charge in [-0.2, -0.15) is 0 Å². The van der Waals surface area contributed by atoms with Gasteiger partial charge in [-0.3, -0.25) is 4.79 Å². The van der Waals surface area contributed by atoms with Crippen molar-refractivity contribution in [2.75, 3.05) is 6.54 Å². The molecule has 1 fully saturated rings. The Bertz CT molecular complexity index is 631. The first-order chi connectivity index (χ1) is 12.7. The molecule has 0 aromatic heterocycles. The quantitative estimate of drug-likeness (QED) is 0.662. The van der Waals surface area contributed by atoms with Crippen LogP contribution in [0.2, 0.25) is 0 Å². The molecule has 1 aliphatic heterocycles. The van der Waals surface area contributed by atoms with Crippen LogP contribution in [0.1, 0.15) is 39.2 Å². The van der Waals surface area contributed by atoms with Crippen molar-refractivity contribution in [2.45, 2.75) is 64.3 Å². The van der Waals surface area contributed by atoms with Gasteiger partial charge in [0.1, 0.15) is 31.2 Å². The van der Waals surface area contributed by atoms with E-state index in [9.17, 15) is 19.8 Å². The molecular formula is C19H28N2O6. The molecule has 0 bridgehead atoms. The molecule has 3 atom stereocenters. The van der Waals surface area contributed by atoms with Crippen molar-refractivity contribution in [3.8, 4) is 0 Å². The minimum atomic E-state index is -1.23. The molecular weight excluding hydrogens is 352 g/mol. The van der Waals surface area contributed by atoms with Gasteiger partial charge in [-0.1, -0.05) is 30.3 Å². The molecule has 1 aromatic rings. The molecule has 1 saturated heterocycles. The first-order valence-electron chi connectivity index (χ1n) is 8.96. The second-order valence-electron chi connectivity index (χ2n) is 7.54. The maximum absolute atomic E-state index is 12.1. The maximum atomic E-state index is 12.1. The summed E-state index contributed by atoms with van der Waals surface area (Å²) in [7, 11) is 0. The summed E-state index contributed by atoms with van der Waals surface area (Å²) in [4.78, 5) is 25.2. The van der Waals surface area contributed by atoms with E-state index in [4.69, 9.17) is 9.47 Å². The fourth-order valence-corrected chi connectivity index (χ4v) is 2.79. The van der Waals surface area contributed by atoms with E-state index in [2.05, 4.69) is 5.32 Å². The van der Waals surface area contributed by atoms with E-state index >= 15 is 0 Å². The van der Waals surface area contributed by atoms with Crippen molar-refractivity contribution in [3.05, 3.63) is 35.9 Å². The van der Waals surface area contributed by atoms with Crippen LogP contribution in [0.15, 0.2) is 30.3 Å². The Hall–Kier alpha value is -2.16. The van der Waals surface area contributed by atoms with Crippen LogP contribution >= 0.6 is 0 Å². The number of carbonyl (C=O) groups is 2. The average molecular weight is 380 g/mol. The highest BCUT2D eigenvalue weighted by molar-refractivity contribution is 5.72. The van der Waals surface area contributed by atoms with E-state index in [1.165, 1.54) is 4.90 Å². The summed E-state index contributed by atoms with van der Waals surface area (Å²) >= 11 is 0. The number of aliphatic hydroxyl groups is 2. The number of hydrogen-bond donors (Lipinski definition) is 3. The van der Waals surface area contributed by atoms with E-state index < -0.39 is 36.2 Å². The van der Waals surface area contributed by atoms with Crippen molar-refractivity contribution < 1.29 is 29.3 Å². The second kappa shape index (κ2) is 9.16. The molecule has 27 heavy (non-hydrogen) atoms. The predicted molar refractivity (Wildman–Crippen MR) is 97.3 cm³/mol. The number of likely N-dealkylation sites (tertiary alicyclic amines) is 1. The van der Waals surface area contributed by atoms with Crippen LogP contribution in [0.25, 0.3) is 0 Å². The number of ether oxygens (including phenoxy) is 2. The number of carbonyl (C=O) groups excluding carboxylic acids is 2. The van der Waals surface area contributed by atoms with Crippen LogP contribution in [-0.4, -0.2) is 57.8 Å². The van der Waals surface area contributed by atoms with Crippen molar-refractivity contribution in [1.82, 2.24) is 10.2 Å². The molecule has 1 amide bonds. The SMILES string of the molecule is CC(C)(C)OC(=O)N[C@H]1CC[C@H](O)N(CC(=O)OCc2ccccc2)[C@H]1O. The van der Waals surface area contributed by atoms with Crippen molar-refractivity contribution in [2.24, 2.45) is 0 Å². The van der Waals surface area contributed by atoms with Gasteiger partial charge in [0, 0.05) is 0 Å². The molecule has 3 N–H and O–H groups in total. The summed E-state index contributed by atoms with van der Waals surface area (Å²) in [6.07, 6.45) is -2.23. The first kappa shape index (κ1) is 21.1. The molecule has 1 aliphatic rings. The standard InChI is InChI=1S/C19H28N2O6/c1-19(2,3)27-18(25)20-14-9-10-15(22)21(17(14)24)11-16(23)26-12-13-7-5-4-6-8-13/h4-8,14-15,17,22,24H,9-12H2,1-3H3,(H,20,25)/t14-,15-,17-/m0/s1. The van der Waals surface area contributed by atoms with Gasteiger partial charge in [-0.05, 0) is 39.2 Å². The number of aliphatic hydroxyl groups excluding tert-OH is 2. The lowest BCUT2D eigenvalue weighted by molar-refractivity contribution is -0.170. The maximum Gasteiger partial charge on any atom is 0.408 e. The van der Waals surface area contributed by atoms with E-state index in [0.29, 0.717) is 12.8 Å². The fourth-order valence-electron chi connectivity index (χ4n) is 2.79. The minimum absolute atomic E-state index is 0.110. The van der Waals surface area contributed by atoms with Gasteiger partial charge in [0.05, 0.1) is 6.04 Å². The summed E-state index contributed by atoms with van der Waals surface area (Å²) in [6.45, 7) is 5.04. The number of amides is 1. The number of alkyl carbamates (subject to hydrolysis) is 1. The molecule has 0 radical (unpaired) electrons. The van der Waals surface area contributed by atoms with Gasteiger partial charge in [0.25, 0.3) is 0 Å². The summed E-state index contributed by atoms with van der Waals surface area (Å²) in [5.41, 5.74) is 0.180. The monoisotopic (exact) mass is 380 g/mol. The third kappa shape index (κ3) is 6.82. The lowest BCUT2D eigenvalue weighted by Gasteiger charge is -2.40. The number of hydrogen-bond acceptors (Lipinski definition) is 7. The van der Waals surface area contributed by atoms with E-state index in [-0.39, 0.29) is 13.2 Å². The Morgan fingerprint density at radius 1 is 1.19 bits per heavy atom. The van der Waals surface area contributed by atoms with Crippen molar-refractivity contribution >= 4 is 12.1 Å². The Balaban J connectivity index is 1.88. The van der Waals surface area contributed by atoms with Gasteiger partial charge in [-0.15, -0.1) is 0 Å². The van der Waals surface area contributed by atoms with E-state index in [1.807, 2.05) is 30.3 Å².